The van der Waals surface area contributed by atoms with E-state index in [-0.39, 0.29) is 30.6 Å². The van der Waals surface area contributed by atoms with Crippen molar-refractivity contribution < 1.29 is 14.7 Å². The van der Waals surface area contributed by atoms with Crippen molar-refractivity contribution in [2.24, 2.45) is 0 Å². The minimum absolute atomic E-state index is 0.0219. The number of likely N-dealkylation sites (N-methyl/N-ethyl adjacent to an activating group) is 1. The van der Waals surface area contributed by atoms with Gasteiger partial charge in [0.25, 0.3) is 0 Å². The van der Waals surface area contributed by atoms with E-state index in [4.69, 9.17) is 5.11 Å². The van der Waals surface area contributed by atoms with Gasteiger partial charge in [0.15, 0.2) is 0 Å². The first kappa shape index (κ1) is 16.4. The van der Waals surface area contributed by atoms with Crippen molar-refractivity contribution in [2.75, 3.05) is 25.4 Å². The summed E-state index contributed by atoms with van der Waals surface area (Å²) in [4.78, 5) is 24.9. The number of nitrogens with zero attached hydrogens (tertiary/aromatic N) is 1. The van der Waals surface area contributed by atoms with Crippen LogP contribution >= 0.6 is 11.8 Å². The Kier molecular flexibility index (Phi) is 6.17. The number of thioether (sulfide) groups is 1. The van der Waals surface area contributed by atoms with E-state index in [1.54, 1.807) is 4.90 Å². The van der Waals surface area contributed by atoms with Crippen LogP contribution in [-0.4, -0.2) is 64.7 Å². The molecule has 0 aromatic heterocycles. The molecule has 0 aromatic rings. The zero-order chi connectivity index (χ0) is 15.2. The second-order valence-electron chi connectivity index (χ2n) is 5.56. The second-order valence-corrected chi connectivity index (χ2v) is 6.84. The third-order valence-corrected chi connectivity index (χ3v) is 5.68. The molecule has 2 heterocycles. The molecule has 3 N–H and O–H groups in total. The average Bonchev–Trinajstić information content (AvgIpc) is 3.00. The lowest BCUT2D eigenvalue weighted by Crippen LogP contribution is -2.36. The summed E-state index contributed by atoms with van der Waals surface area (Å²) in [6, 6.07) is 0.474. The van der Waals surface area contributed by atoms with Gasteiger partial charge >= 0.3 is 6.03 Å². The van der Waals surface area contributed by atoms with E-state index in [0.717, 1.165) is 25.0 Å². The highest BCUT2D eigenvalue weighted by Crippen LogP contribution is 2.33. The number of carbonyl (C=O) groups excluding carboxylic acids is 2. The Morgan fingerprint density at radius 1 is 1.43 bits per heavy atom. The SMILES string of the molecule is CCN(CCO)C(=O)CCCC[C@@H]1SC[C@@H]2NC(=O)N[C@@H]21. The molecule has 0 radical (unpaired) electrons. The summed E-state index contributed by atoms with van der Waals surface area (Å²) in [7, 11) is 0. The van der Waals surface area contributed by atoms with Gasteiger partial charge in [-0.05, 0) is 19.8 Å². The number of hydrogen-bond donors (Lipinski definition) is 3. The van der Waals surface area contributed by atoms with E-state index < -0.39 is 0 Å². The van der Waals surface area contributed by atoms with Crippen molar-refractivity contribution >= 4 is 23.7 Å². The fraction of sp³-hybridized carbons (Fsp3) is 0.857. The summed E-state index contributed by atoms with van der Waals surface area (Å²) < 4.78 is 0. The second kappa shape index (κ2) is 7.89. The zero-order valence-electron chi connectivity index (χ0n) is 12.5. The van der Waals surface area contributed by atoms with E-state index in [1.807, 2.05) is 18.7 Å². The van der Waals surface area contributed by atoms with Gasteiger partial charge in [-0.25, -0.2) is 4.79 Å². The Balaban J connectivity index is 1.64. The summed E-state index contributed by atoms with van der Waals surface area (Å²) in [6.07, 6.45) is 3.45. The molecule has 0 spiro atoms. The number of aliphatic hydroxyl groups excluding tert-OH is 1. The minimum Gasteiger partial charge on any atom is -0.395 e. The van der Waals surface area contributed by atoms with Crippen molar-refractivity contribution in [3.8, 4) is 0 Å². The van der Waals surface area contributed by atoms with Crippen LogP contribution < -0.4 is 10.6 Å². The smallest absolute Gasteiger partial charge is 0.315 e. The third kappa shape index (κ3) is 4.26. The normalized spacial score (nSPS) is 27.1. The van der Waals surface area contributed by atoms with E-state index in [2.05, 4.69) is 10.6 Å². The van der Waals surface area contributed by atoms with E-state index in [0.29, 0.717) is 24.8 Å². The Morgan fingerprint density at radius 3 is 2.95 bits per heavy atom. The number of rotatable bonds is 8. The Morgan fingerprint density at radius 2 is 2.24 bits per heavy atom. The van der Waals surface area contributed by atoms with E-state index in [1.165, 1.54) is 0 Å². The molecule has 120 valence electrons. The number of hydrogen-bond acceptors (Lipinski definition) is 4. The molecule has 0 unspecified atom stereocenters. The summed E-state index contributed by atoms with van der Waals surface area (Å²) in [6.45, 7) is 3.03. The molecule has 2 rings (SSSR count). The Bertz CT molecular complexity index is 380. The summed E-state index contributed by atoms with van der Waals surface area (Å²) in [5.41, 5.74) is 0. The summed E-state index contributed by atoms with van der Waals surface area (Å²) in [5, 5.41) is 15.3. The number of urea groups is 1. The van der Waals surface area contributed by atoms with Crippen LogP contribution in [0.25, 0.3) is 0 Å². The van der Waals surface area contributed by atoms with Crippen LogP contribution in [0.4, 0.5) is 4.79 Å². The topological polar surface area (TPSA) is 81.7 Å². The molecule has 2 aliphatic rings. The van der Waals surface area contributed by atoms with Crippen molar-refractivity contribution in [1.82, 2.24) is 15.5 Å². The third-order valence-electron chi connectivity index (χ3n) is 4.17. The number of carbonyl (C=O) groups is 2. The average molecular weight is 315 g/mol. The summed E-state index contributed by atoms with van der Waals surface area (Å²) >= 11 is 1.91. The molecule has 21 heavy (non-hydrogen) atoms. The molecular weight excluding hydrogens is 290 g/mol. The first-order valence-corrected chi connectivity index (χ1v) is 8.77. The zero-order valence-corrected chi connectivity index (χ0v) is 13.3. The van der Waals surface area contributed by atoms with Gasteiger partial charge in [0.1, 0.15) is 0 Å². The van der Waals surface area contributed by atoms with Crippen molar-refractivity contribution in [3.63, 3.8) is 0 Å². The van der Waals surface area contributed by atoms with Gasteiger partial charge in [-0.3, -0.25) is 4.79 Å². The lowest BCUT2D eigenvalue weighted by molar-refractivity contribution is -0.131. The lowest BCUT2D eigenvalue weighted by atomic mass is 10.0. The van der Waals surface area contributed by atoms with Crippen LogP contribution in [0, 0.1) is 0 Å². The largest absolute Gasteiger partial charge is 0.395 e. The Labute approximate surface area is 130 Å². The highest BCUT2D eigenvalue weighted by Gasteiger charge is 2.42. The fourth-order valence-corrected chi connectivity index (χ4v) is 4.55. The molecule has 0 bridgehead atoms. The van der Waals surface area contributed by atoms with Crippen LogP contribution in [-0.2, 0) is 4.79 Å². The van der Waals surface area contributed by atoms with Crippen LogP contribution in [0.1, 0.15) is 32.6 Å². The molecule has 2 aliphatic heterocycles. The standard InChI is InChI=1S/C14H25N3O3S/c1-2-17(7-8-18)12(19)6-4-3-5-11-13-10(9-21-11)15-14(20)16-13/h10-11,13,18H,2-9H2,1H3,(H2,15,16,20)/t10-,11-,13-/m0/s1. The predicted octanol–water partition coefficient (Wildman–Crippen LogP) is 0.553. The van der Waals surface area contributed by atoms with Crippen molar-refractivity contribution in [1.29, 1.82) is 0 Å². The van der Waals surface area contributed by atoms with Crippen LogP contribution in [0.15, 0.2) is 0 Å². The molecule has 0 saturated carbocycles. The monoisotopic (exact) mass is 315 g/mol. The number of aliphatic hydroxyl groups is 1. The highest BCUT2D eigenvalue weighted by molar-refractivity contribution is 8.00. The van der Waals surface area contributed by atoms with Crippen LogP contribution in [0.3, 0.4) is 0 Å². The molecule has 3 atom stereocenters. The number of amides is 3. The first-order valence-electron chi connectivity index (χ1n) is 7.73. The Hall–Kier alpha value is -0.950. The molecule has 2 fully saturated rings. The van der Waals surface area contributed by atoms with Gasteiger partial charge in [0.05, 0.1) is 18.7 Å². The van der Waals surface area contributed by atoms with Gasteiger partial charge in [-0.15, -0.1) is 0 Å². The van der Waals surface area contributed by atoms with Gasteiger partial charge in [0.2, 0.25) is 5.91 Å². The van der Waals surface area contributed by atoms with Gasteiger partial charge in [-0.2, -0.15) is 11.8 Å². The molecular formula is C14H25N3O3S. The highest BCUT2D eigenvalue weighted by atomic mass is 32.2. The quantitative estimate of drug-likeness (QED) is 0.451. The molecule has 0 aromatic carbocycles. The summed E-state index contributed by atoms with van der Waals surface area (Å²) in [5.74, 6) is 1.10. The van der Waals surface area contributed by atoms with Crippen molar-refractivity contribution in [3.05, 3.63) is 0 Å². The number of unbranched alkanes of at least 4 members (excludes halogenated alkanes) is 1. The van der Waals surface area contributed by atoms with E-state index >= 15 is 0 Å². The van der Waals surface area contributed by atoms with Crippen LogP contribution in [0.5, 0.6) is 0 Å². The predicted molar refractivity (Wildman–Crippen MR) is 83.3 cm³/mol. The van der Waals surface area contributed by atoms with Crippen LogP contribution in [0.2, 0.25) is 0 Å². The lowest BCUT2D eigenvalue weighted by Gasteiger charge is -2.20. The maximum absolute atomic E-state index is 11.9. The fourth-order valence-electron chi connectivity index (χ4n) is 3.00. The van der Waals surface area contributed by atoms with Gasteiger partial charge in [0, 0.05) is 30.5 Å². The maximum atomic E-state index is 11.9. The molecule has 7 heteroatoms. The first-order chi connectivity index (χ1) is 10.2. The molecule has 3 amide bonds. The number of fused-ring (bicyclic) bond motifs is 1. The minimum atomic E-state index is -0.0481. The van der Waals surface area contributed by atoms with Gasteiger partial charge < -0.3 is 20.6 Å². The van der Waals surface area contributed by atoms with E-state index in [9.17, 15) is 9.59 Å². The number of nitrogens with one attached hydrogen (secondary N) is 2. The molecule has 2 saturated heterocycles. The maximum Gasteiger partial charge on any atom is 0.315 e. The van der Waals surface area contributed by atoms with Gasteiger partial charge in [-0.1, -0.05) is 6.42 Å². The van der Waals surface area contributed by atoms with Crippen molar-refractivity contribution in [2.45, 2.75) is 49.9 Å². The molecule has 6 nitrogen and oxygen atoms in total. The molecule has 0 aliphatic carbocycles.